The Morgan fingerprint density at radius 3 is 2.42 bits per heavy atom. The second kappa shape index (κ2) is 8.68. The zero-order chi connectivity index (χ0) is 24.3. The van der Waals surface area contributed by atoms with Crippen LogP contribution < -0.4 is 0 Å². The summed E-state index contributed by atoms with van der Waals surface area (Å²) in [5, 5.41) is 33.0. The molecule has 3 N–H and O–H groups in total. The number of aliphatic hydroxyl groups excluding tert-OH is 2. The predicted octanol–water partition coefficient (Wildman–Crippen LogP) is 2.13. The lowest BCUT2D eigenvalue weighted by molar-refractivity contribution is -0.155. The lowest BCUT2D eigenvalue weighted by Crippen LogP contribution is -2.61. The van der Waals surface area contributed by atoms with Crippen molar-refractivity contribution < 1.29 is 29.6 Å². The fourth-order valence-electron chi connectivity index (χ4n) is 8.14. The molecule has 2 unspecified atom stereocenters. The summed E-state index contributed by atoms with van der Waals surface area (Å²) in [5.41, 5.74) is -0.911. The molecule has 0 heterocycles. The van der Waals surface area contributed by atoms with Crippen LogP contribution in [0.4, 0.5) is 0 Å². The molecule has 0 aliphatic heterocycles. The van der Waals surface area contributed by atoms with E-state index < -0.39 is 23.2 Å². The fraction of sp³-hybridized carbons (Fsp3) is 0.885. The van der Waals surface area contributed by atoms with Crippen LogP contribution in [0.5, 0.6) is 0 Å². The molecule has 3 saturated carbocycles. The van der Waals surface area contributed by atoms with Crippen molar-refractivity contribution in [3.05, 3.63) is 11.6 Å². The molecule has 4 aliphatic carbocycles. The summed E-state index contributed by atoms with van der Waals surface area (Å²) in [5.74, 6) is 0.0330. The number of ketones is 1. The first-order chi connectivity index (χ1) is 15.4. The average Bonchev–Trinajstić information content (AvgIpc) is 3.05. The molecule has 0 amide bonds. The Morgan fingerprint density at radius 2 is 1.79 bits per heavy atom. The van der Waals surface area contributed by atoms with Crippen LogP contribution in [0.25, 0.3) is 0 Å². The summed E-state index contributed by atoms with van der Waals surface area (Å²) in [6.45, 7) is 7.15. The highest BCUT2D eigenvalue weighted by molar-refractivity contribution is 5.95. The third kappa shape index (κ3) is 3.66. The number of carbonyl (C=O) groups is 1. The summed E-state index contributed by atoms with van der Waals surface area (Å²) >= 11 is 0. The van der Waals surface area contributed by atoms with Gasteiger partial charge in [0.05, 0.1) is 17.8 Å². The maximum atomic E-state index is 13.3. The quantitative estimate of drug-likeness (QED) is 0.517. The highest BCUT2D eigenvalue weighted by atomic mass is 16.7. The van der Waals surface area contributed by atoms with E-state index in [9.17, 15) is 20.1 Å². The van der Waals surface area contributed by atoms with Gasteiger partial charge in [0.2, 0.25) is 0 Å². The first-order valence-electron chi connectivity index (χ1n) is 12.5. The van der Waals surface area contributed by atoms with Gasteiger partial charge in [-0.15, -0.1) is 0 Å². The van der Waals surface area contributed by atoms with E-state index in [0.717, 1.165) is 24.8 Å². The highest BCUT2D eigenvalue weighted by Crippen LogP contribution is 2.67. The molecule has 0 radical (unpaired) electrons. The lowest BCUT2D eigenvalue weighted by atomic mass is 9.46. The van der Waals surface area contributed by atoms with Gasteiger partial charge in [0, 0.05) is 38.1 Å². The van der Waals surface area contributed by atoms with E-state index in [4.69, 9.17) is 9.47 Å². The first kappa shape index (κ1) is 25.3. The molecular weight excluding hydrogens is 422 g/mol. The van der Waals surface area contributed by atoms with Crippen molar-refractivity contribution >= 4 is 5.78 Å². The van der Waals surface area contributed by atoms with E-state index in [1.807, 2.05) is 0 Å². The summed E-state index contributed by atoms with van der Waals surface area (Å²) in [6, 6.07) is 0.211. The molecule has 0 bridgehead atoms. The van der Waals surface area contributed by atoms with Crippen LogP contribution >= 0.6 is 0 Å². The number of nitrogens with zero attached hydrogens (tertiary/aromatic N) is 1. The second-order valence-corrected chi connectivity index (χ2v) is 11.7. The minimum absolute atomic E-state index is 0.00372. The molecule has 0 spiro atoms. The maximum Gasteiger partial charge on any atom is 0.169 e. The Bertz CT molecular complexity index is 798. The molecule has 0 aromatic rings. The number of aliphatic hydroxyl groups is 3. The second-order valence-electron chi connectivity index (χ2n) is 11.7. The molecule has 33 heavy (non-hydrogen) atoms. The summed E-state index contributed by atoms with van der Waals surface area (Å²) in [4.78, 5) is 15.5. The summed E-state index contributed by atoms with van der Waals surface area (Å²) in [6.07, 6.45) is 3.76. The van der Waals surface area contributed by atoms with Crippen LogP contribution in [0.1, 0.15) is 59.3 Å². The van der Waals surface area contributed by atoms with Crippen molar-refractivity contribution in [1.29, 1.82) is 0 Å². The maximum absolute atomic E-state index is 13.3. The molecular formula is C26H43NO6. The number of hydrogen-bond donors (Lipinski definition) is 3. The average molecular weight is 466 g/mol. The minimum atomic E-state index is -1.03. The van der Waals surface area contributed by atoms with E-state index >= 15 is 0 Å². The molecule has 0 saturated heterocycles. The van der Waals surface area contributed by atoms with Crippen LogP contribution in [0.3, 0.4) is 0 Å². The van der Waals surface area contributed by atoms with Gasteiger partial charge in [-0.25, -0.2) is 0 Å². The molecule has 4 aliphatic rings. The number of allylic oxidation sites excluding steroid dienone is 1. The first-order valence-corrected chi connectivity index (χ1v) is 12.5. The summed E-state index contributed by atoms with van der Waals surface area (Å²) in [7, 11) is 5.36. The van der Waals surface area contributed by atoms with Crippen molar-refractivity contribution in [3.63, 3.8) is 0 Å². The standard InChI is InChI=1S/C26H43NO6/c1-15(27(4)14-23(32-5)33-6)16-8-10-26(31)18-11-20(28)19-12-21(29)22(30)13-24(19,2)17(18)7-9-25(16,26)3/h11,15-17,19,21-23,29-31H,7-10,12-14H2,1-6H3/t15?,16-,17?,19+,21-,22+,24-,25-,26-/m1/s1. The Kier molecular flexibility index (Phi) is 6.65. The van der Waals surface area contributed by atoms with E-state index in [2.05, 4.69) is 32.7 Å². The van der Waals surface area contributed by atoms with Gasteiger partial charge < -0.3 is 24.8 Å². The molecule has 7 nitrogen and oxygen atoms in total. The monoisotopic (exact) mass is 465 g/mol. The Balaban J connectivity index is 1.64. The van der Waals surface area contributed by atoms with Crippen molar-refractivity contribution in [2.45, 2.75) is 89.4 Å². The van der Waals surface area contributed by atoms with Gasteiger partial charge in [0.25, 0.3) is 0 Å². The third-order valence-corrected chi connectivity index (χ3v) is 10.4. The van der Waals surface area contributed by atoms with Gasteiger partial charge in [0.1, 0.15) is 0 Å². The Labute approximate surface area is 198 Å². The minimum Gasteiger partial charge on any atom is -0.390 e. The van der Waals surface area contributed by atoms with E-state index in [1.54, 1.807) is 20.3 Å². The highest BCUT2D eigenvalue weighted by Gasteiger charge is 2.67. The van der Waals surface area contributed by atoms with Gasteiger partial charge in [0.15, 0.2) is 12.1 Å². The van der Waals surface area contributed by atoms with Gasteiger partial charge in [-0.05, 0) is 81.4 Å². The zero-order valence-electron chi connectivity index (χ0n) is 21.1. The number of carbonyl (C=O) groups excluding carboxylic acids is 1. The number of rotatable bonds is 6. The molecule has 3 fully saturated rings. The number of fused-ring (bicyclic) bond motifs is 5. The smallest absolute Gasteiger partial charge is 0.169 e. The van der Waals surface area contributed by atoms with Gasteiger partial charge in [-0.3, -0.25) is 9.69 Å². The topological polar surface area (TPSA) is 99.5 Å². The van der Waals surface area contributed by atoms with Crippen LogP contribution in [-0.2, 0) is 14.3 Å². The van der Waals surface area contributed by atoms with Crippen molar-refractivity contribution in [2.75, 3.05) is 27.8 Å². The third-order valence-electron chi connectivity index (χ3n) is 10.4. The SMILES string of the molecule is COC(CN(C)C(C)[C@H]1CC[C@@]2(O)C3=CC(=O)[C@@H]4C[C@@H](O)[C@@H](O)C[C@]4(C)C3CC[C@]12C)OC. The van der Waals surface area contributed by atoms with E-state index in [-0.39, 0.29) is 41.3 Å². The van der Waals surface area contributed by atoms with Crippen LogP contribution in [0.15, 0.2) is 11.6 Å². The largest absolute Gasteiger partial charge is 0.390 e. The van der Waals surface area contributed by atoms with Crippen LogP contribution in [0, 0.1) is 28.6 Å². The molecule has 4 rings (SSSR count). The number of likely N-dealkylation sites (N-methyl/N-ethyl adjacent to an activating group) is 1. The van der Waals surface area contributed by atoms with Crippen LogP contribution in [-0.4, -0.2) is 84.0 Å². The van der Waals surface area contributed by atoms with Gasteiger partial charge in [-0.1, -0.05) is 13.8 Å². The van der Waals surface area contributed by atoms with E-state index in [0.29, 0.717) is 25.8 Å². The lowest BCUT2D eigenvalue weighted by Gasteiger charge is -2.60. The molecule has 0 aromatic carbocycles. The molecule has 7 heteroatoms. The van der Waals surface area contributed by atoms with Crippen molar-refractivity contribution in [3.8, 4) is 0 Å². The number of methoxy groups -OCH3 is 2. The van der Waals surface area contributed by atoms with Gasteiger partial charge in [-0.2, -0.15) is 0 Å². The van der Waals surface area contributed by atoms with E-state index in [1.165, 1.54) is 0 Å². The predicted molar refractivity (Wildman–Crippen MR) is 124 cm³/mol. The van der Waals surface area contributed by atoms with Crippen molar-refractivity contribution in [1.82, 2.24) is 4.90 Å². The number of hydrogen-bond acceptors (Lipinski definition) is 7. The zero-order valence-corrected chi connectivity index (χ0v) is 21.1. The molecule has 188 valence electrons. The molecule has 9 atom stereocenters. The summed E-state index contributed by atoms with van der Waals surface area (Å²) < 4.78 is 10.8. The fourth-order valence-corrected chi connectivity index (χ4v) is 8.14. The van der Waals surface area contributed by atoms with Crippen molar-refractivity contribution in [2.24, 2.45) is 28.6 Å². The Morgan fingerprint density at radius 1 is 1.12 bits per heavy atom. The van der Waals surface area contributed by atoms with Gasteiger partial charge >= 0.3 is 0 Å². The molecule has 0 aromatic heterocycles. The Hall–Kier alpha value is -0.830. The normalized spacial score (nSPS) is 46.1. The van der Waals surface area contributed by atoms with Crippen LogP contribution in [0.2, 0.25) is 0 Å². The number of ether oxygens (including phenoxy) is 2.